The first-order chi connectivity index (χ1) is 24.1. The Labute approximate surface area is 292 Å². The van der Waals surface area contributed by atoms with Crippen molar-refractivity contribution < 1.29 is 33.0 Å². The van der Waals surface area contributed by atoms with Gasteiger partial charge in [-0.15, -0.1) is 0 Å². The number of carbonyl (C=O) groups excluding carboxylic acids is 2. The predicted octanol–water partition coefficient (Wildman–Crippen LogP) is 6.09. The Kier molecular flexibility index (Phi) is 9.87. The lowest BCUT2D eigenvalue weighted by Crippen LogP contribution is -2.40. The molecule has 0 bridgehead atoms. The van der Waals surface area contributed by atoms with Crippen LogP contribution < -0.4 is 24.4 Å². The number of hydrogen-bond acceptors (Lipinski definition) is 10. The van der Waals surface area contributed by atoms with Crippen LogP contribution in [0.25, 0.3) is 23.1 Å². The van der Waals surface area contributed by atoms with E-state index in [9.17, 15) is 14.4 Å². The average Bonchev–Trinajstić information content (AvgIpc) is 3.70. The summed E-state index contributed by atoms with van der Waals surface area (Å²) in [4.78, 5) is 45.8. The Morgan fingerprint density at radius 3 is 2.40 bits per heavy atom. The van der Waals surface area contributed by atoms with Crippen LogP contribution in [0.1, 0.15) is 59.6 Å². The van der Waals surface area contributed by atoms with Crippen molar-refractivity contribution in [3.63, 3.8) is 0 Å². The first-order valence-electron chi connectivity index (χ1n) is 16.1. The Balaban J connectivity index is 1.49. The maximum atomic E-state index is 14.3. The van der Waals surface area contributed by atoms with Crippen LogP contribution in [0.5, 0.6) is 11.5 Å². The number of aryl methyl sites for hydroxylation is 1. The number of carbonyl (C=O) groups is 2. The second-order valence-corrected chi connectivity index (χ2v) is 12.7. The van der Waals surface area contributed by atoms with Gasteiger partial charge in [0.05, 0.1) is 54.3 Å². The van der Waals surface area contributed by atoms with E-state index in [1.54, 1.807) is 70.4 Å². The predicted molar refractivity (Wildman–Crippen MR) is 190 cm³/mol. The summed E-state index contributed by atoms with van der Waals surface area (Å²) in [6.45, 7) is 7.37. The number of rotatable bonds is 10. The fourth-order valence-electron chi connectivity index (χ4n) is 5.83. The van der Waals surface area contributed by atoms with Gasteiger partial charge in [-0.3, -0.25) is 9.36 Å². The highest BCUT2D eigenvalue weighted by Gasteiger charge is 2.35. The molecule has 0 saturated heterocycles. The van der Waals surface area contributed by atoms with Gasteiger partial charge in [0.25, 0.3) is 5.56 Å². The van der Waals surface area contributed by atoms with Crippen LogP contribution in [0.3, 0.4) is 0 Å². The lowest BCUT2D eigenvalue weighted by atomic mass is 9.93. The number of nitrogens with zero attached hydrogens (tertiary/aromatic N) is 2. The van der Waals surface area contributed by atoms with Crippen molar-refractivity contribution in [2.24, 2.45) is 4.99 Å². The maximum absolute atomic E-state index is 14.3. The zero-order valence-electron chi connectivity index (χ0n) is 28.5. The third-order valence-corrected chi connectivity index (χ3v) is 9.05. The highest BCUT2D eigenvalue weighted by Crippen LogP contribution is 2.38. The molecule has 3 heterocycles. The number of fused-ring (bicyclic) bond motifs is 1. The van der Waals surface area contributed by atoms with Gasteiger partial charge in [0.15, 0.2) is 16.3 Å². The molecule has 0 spiro atoms. The molecule has 5 aromatic rings. The van der Waals surface area contributed by atoms with E-state index < -0.39 is 18.0 Å². The number of ether oxygens (including phenoxy) is 4. The van der Waals surface area contributed by atoms with Gasteiger partial charge in [-0.1, -0.05) is 53.8 Å². The van der Waals surface area contributed by atoms with Crippen LogP contribution in [-0.4, -0.2) is 43.4 Å². The van der Waals surface area contributed by atoms with Crippen LogP contribution in [-0.2, 0) is 14.3 Å². The molecular weight excluding hydrogens is 657 g/mol. The van der Waals surface area contributed by atoms with Crippen molar-refractivity contribution in [3.8, 4) is 22.8 Å². The van der Waals surface area contributed by atoms with Gasteiger partial charge in [0, 0.05) is 17.2 Å². The van der Waals surface area contributed by atoms with Crippen molar-refractivity contribution in [1.29, 1.82) is 0 Å². The van der Waals surface area contributed by atoms with E-state index in [-0.39, 0.29) is 23.8 Å². The molecule has 0 unspecified atom stereocenters. The average molecular weight is 693 g/mol. The largest absolute Gasteiger partial charge is 0.493 e. The first kappa shape index (κ1) is 34.2. The minimum absolute atomic E-state index is 0.137. The summed E-state index contributed by atoms with van der Waals surface area (Å²) in [5.41, 5.74) is 3.67. The zero-order chi connectivity index (χ0) is 35.5. The topological polar surface area (TPSA) is 119 Å². The molecule has 256 valence electrons. The Morgan fingerprint density at radius 1 is 0.960 bits per heavy atom. The molecule has 3 aromatic carbocycles. The van der Waals surface area contributed by atoms with Gasteiger partial charge < -0.3 is 23.4 Å². The monoisotopic (exact) mass is 692 g/mol. The summed E-state index contributed by atoms with van der Waals surface area (Å²) in [6, 6.07) is 22.6. The van der Waals surface area contributed by atoms with Gasteiger partial charge >= 0.3 is 11.9 Å². The van der Waals surface area contributed by atoms with Crippen LogP contribution in [0.2, 0.25) is 0 Å². The number of furan rings is 1. The minimum Gasteiger partial charge on any atom is -0.493 e. The summed E-state index contributed by atoms with van der Waals surface area (Å²) in [6.07, 6.45) is 1.44. The van der Waals surface area contributed by atoms with E-state index in [0.717, 1.165) is 11.1 Å². The van der Waals surface area contributed by atoms with Crippen molar-refractivity contribution in [1.82, 2.24) is 4.57 Å². The number of thiazole rings is 1. The summed E-state index contributed by atoms with van der Waals surface area (Å²) in [5, 5.41) is 0. The van der Waals surface area contributed by atoms with E-state index in [1.165, 1.54) is 23.0 Å². The van der Waals surface area contributed by atoms with Crippen molar-refractivity contribution in [2.75, 3.05) is 20.8 Å². The Hall–Kier alpha value is -5.68. The molecule has 0 fully saturated rings. The lowest BCUT2D eigenvalue weighted by molar-refractivity contribution is -0.138. The lowest BCUT2D eigenvalue weighted by Gasteiger charge is -2.26. The van der Waals surface area contributed by atoms with Crippen molar-refractivity contribution in [2.45, 2.75) is 39.8 Å². The summed E-state index contributed by atoms with van der Waals surface area (Å²) in [5.74, 6) is 0.990. The summed E-state index contributed by atoms with van der Waals surface area (Å²) in [7, 11) is 3.07. The maximum Gasteiger partial charge on any atom is 0.338 e. The van der Waals surface area contributed by atoms with Crippen LogP contribution in [0.4, 0.5) is 0 Å². The molecule has 0 radical (unpaired) electrons. The number of hydrogen-bond donors (Lipinski definition) is 0. The number of aromatic nitrogens is 1. The molecule has 1 atom stereocenters. The van der Waals surface area contributed by atoms with Crippen LogP contribution >= 0.6 is 11.3 Å². The van der Waals surface area contributed by atoms with E-state index in [4.69, 9.17) is 28.4 Å². The fourth-order valence-corrected chi connectivity index (χ4v) is 6.81. The molecule has 11 heteroatoms. The smallest absolute Gasteiger partial charge is 0.338 e. The standard InChI is InChI=1S/C39H36N2O8S/c1-7-47-38(44)33-34(24-11-9-8-10-12-24)40-39-41(35(33)25-14-17-30(45-5)31(20-25)46-6)36(42)32(50-39)21-27-15-18-29(49-27)28-16-13-26(19-23(28)4)37(43)48-22(2)3/h8-22,35H,7H2,1-6H3/b32-21+/t35-/m1/s1. The van der Waals surface area contributed by atoms with Gasteiger partial charge in [0.1, 0.15) is 11.5 Å². The molecule has 50 heavy (non-hydrogen) atoms. The SMILES string of the molecule is CCOC(=O)C1=C(c2ccccc2)N=c2s/c(=C/c3ccc(-c4ccc(C(=O)OC(C)C)cc4C)o3)c(=O)n2[C@@H]1c1ccc(OC)c(OC)c1. The van der Waals surface area contributed by atoms with Crippen molar-refractivity contribution >= 4 is 35.0 Å². The van der Waals surface area contributed by atoms with Gasteiger partial charge in [-0.25, -0.2) is 14.6 Å². The zero-order valence-corrected chi connectivity index (χ0v) is 29.3. The third-order valence-electron chi connectivity index (χ3n) is 8.07. The Morgan fingerprint density at radius 2 is 1.72 bits per heavy atom. The number of esters is 2. The molecule has 6 rings (SSSR count). The second kappa shape index (κ2) is 14.4. The number of benzene rings is 3. The van der Waals surface area contributed by atoms with E-state index in [2.05, 4.69) is 0 Å². The molecule has 1 aliphatic rings. The van der Waals surface area contributed by atoms with Crippen molar-refractivity contribution in [3.05, 3.63) is 132 Å². The van der Waals surface area contributed by atoms with E-state index in [1.807, 2.05) is 49.4 Å². The molecule has 0 aliphatic carbocycles. The molecular formula is C39H36N2O8S. The molecule has 2 aromatic heterocycles. The first-order valence-corrected chi connectivity index (χ1v) is 16.9. The van der Waals surface area contributed by atoms with E-state index >= 15 is 0 Å². The van der Waals surface area contributed by atoms with Gasteiger partial charge in [-0.05, 0) is 75.2 Å². The highest BCUT2D eigenvalue weighted by molar-refractivity contribution is 7.07. The molecule has 0 amide bonds. The molecule has 1 aliphatic heterocycles. The van der Waals surface area contributed by atoms with Gasteiger partial charge in [0.2, 0.25) is 0 Å². The molecule has 0 saturated carbocycles. The minimum atomic E-state index is -0.891. The van der Waals surface area contributed by atoms with Gasteiger partial charge in [-0.2, -0.15) is 0 Å². The van der Waals surface area contributed by atoms with Crippen LogP contribution in [0, 0.1) is 6.92 Å². The van der Waals surface area contributed by atoms with Crippen LogP contribution in [0.15, 0.2) is 98.6 Å². The fraction of sp³-hybridized carbons (Fsp3) is 0.231. The molecule has 0 N–H and O–H groups in total. The molecule has 10 nitrogen and oxygen atoms in total. The summed E-state index contributed by atoms with van der Waals surface area (Å²) >= 11 is 1.19. The quantitative estimate of drug-likeness (QED) is 0.162. The number of methoxy groups -OCH3 is 2. The van der Waals surface area contributed by atoms with E-state index in [0.29, 0.717) is 54.7 Å². The highest BCUT2D eigenvalue weighted by atomic mass is 32.1. The normalized spacial score (nSPS) is 14.3. The summed E-state index contributed by atoms with van der Waals surface area (Å²) < 4.78 is 30.0. The third kappa shape index (κ3) is 6.64. The Bertz CT molecular complexity index is 2300. The second-order valence-electron chi connectivity index (χ2n) is 11.7.